The summed E-state index contributed by atoms with van der Waals surface area (Å²) in [6.45, 7) is -0.220. The summed E-state index contributed by atoms with van der Waals surface area (Å²) in [6, 6.07) is 7.70. The summed E-state index contributed by atoms with van der Waals surface area (Å²) < 4.78 is 23.4. The van der Waals surface area contributed by atoms with Crippen molar-refractivity contribution < 1.29 is 28.6 Å². The van der Waals surface area contributed by atoms with Crippen LogP contribution in [0.1, 0.15) is 22.0 Å². The second-order valence-corrected chi connectivity index (χ2v) is 5.80. The topological polar surface area (TPSA) is 96.9 Å². The Labute approximate surface area is 160 Å². The number of esters is 1. The lowest BCUT2D eigenvalue weighted by Crippen LogP contribution is -2.32. The molecule has 2 rings (SSSR count). The summed E-state index contributed by atoms with van der Waals surface area (Å²) in [7, 11) is 2.57. The molecular formula is C18H18ClFN2O5. The van der Waals surface area contributed by atoms with Gasteiger partial charge in [-0.2, -0.15) is 0 Å². The maximum Gasteiger partial charge on any atom is 0.341 e. The third-order valence-electron chi connectivity index (χ3n) is 3.66. The molecule has 0 aliphatic heterocycles. The quantitative estimate of drug-likeness (QED) is 0.652. The van der Waals surface area contributed by atoms with Gasteiger partial charge in [0, 0.05) is 18.2 Å². The number of nitrogens with one attached hydrogen (secondary N) is 2. The predicted molar refractivity (Wildman–Crippen MR) is 97.7 cm³/mol. The zero-order valence-electron chi connectivity index (χ0n) is 14.6. The molecule has 0 aliphatic carbocycles. The summed E-state index contributed by atoms with van der Waals surface area (Å²) in [5.74, 6) is -1.05. The van der Waals surface area contributed by atoms with Crippen molar-refractivity contribution in [1.82, 2.24) is 5.32 Å². The van der Waals surface area contributed by atoms with E-state index in [0.717, 1.165) is 0 Å². The second kappa shape index (κ2) is 9.20. The van der Waals surface area contributed by atoms with Crippen LogP contribution in [0.25, 0.3) is 0 Å². The Kier molecular flexibility index (Phi) is 6.98. The van der Waals surface area contributed by atoms with Gasteiger partial charge in [-0.25, -0.2) is 14.0 Å². The van der Waals surface area contributed by atoms with E-state index in [9.17, 15) is 19.1 Å². The summed E-state index contributed by atoms with van der Waals surface area (Å²) in [5.41, 5.74) is 0.352. The highest BCUT2D eigenvalue weighted by atomic mass is 35.5. The maximum absolute atomic E-state index is 13.6. The highest BCUT2D eigenvalue weighted by molar-refractivity contribution is 6.34. The Hall–Kier alpha value is -2.84. The van der Waals surface area contributed by atoms with Crippen LogP contribution in [0, 0.1) is 5.82 Å². The highest BCUT2D eigenvalue weighted by Crippen LogP contribution is 2.31. The summed E-state index contributed by atoms with van der Waals surface area (Å²) >= 11 is 6.08. The van der Waals surface area contributed by atoms with Crippen LogP contribution in [0.5, 0.6) is 5.75 Å². The van der Waals surface area contributed by atoms with Crippen molar-refractivity contribution in [3.63, 3.8) is 0 Å². The third-order valence-corrected chi connectivity index (χ3v) is 3.98. The molecule has 0 saturated heterocycles. The molecule has 0 aromatic heterocycles. The number of benzene rings is 2. The first-order valence-electron chi connectivity index (χ1n) is 7.80. The number of urea groups is 1. The van der Waals surface area contributed by atoms with E-state index in [0.29, 0.717) is 0 Å². The summed E-state index contributed by atoms with van der Waals surface area (Å²) in [4.78, 5) is 23.7. The van der Waals surface area contributed by atoms with E-state index < -0.39 is 23.9 Å². The van der Waals surface area contributed by atoms with Crippen molar-refractivity contribution in [3.8, 4) is 5.75 Å². The number of hydrogen-bond donors (Lipinski definition) is 3. The van der Waals surface area contributed by atoms with E-state index >= 15 is 0 Å². The molecule has 3 N–H and O–H groups in total. The van der Waals surface area contributed by atoms with Crippen molar-refractivity contribution in [3.05, 3.63) is 58.4 Å². The highest BCUT2D eigenvalue weighted by Gasteiger charge is 2.18. The molecule has 9 heteroatoms. The number of ether oxygens (including phenoxy) is 2. The van der Waals surface area contributed by atoms with Crippen molar-refractivity contribution in [2.24, 2.45) is 0 Å². The van der Waals surface area contributed by atoms with E-state index in [1.54, 1.807) is 6.07 Å². The molecule has 2 aromatic carbocycles. The monoisotopic (exact) mass is 396 g/mol. The minimum atomic E-state index is -1.22. The van der Waals surface area contributed by atoms with Gasteiger partial charge in [-0.3, -0.25) is 0 Å². The van der Waals surface area contributed by atoms with Crippen molar-refractivity contribution in [2.75, 3.05) is 26.1 Å². The Morgan fingerprint density at radius 2 is 1.96 bits per heavy atom. The van der Waals surface area contributed by atoms with Gasteiger partial charge in [0.1, 0.15) is 17.1 Å². The Morgan fingerprint density at radius 1 is 1.26 bits per heavy atom. The van der Waals surface area contributed by atoms with Gasteiger partial charge in [-0.1, -0.05) is 29.8 Å². The van der Waals surface area contributed by atoms with Gasteiger partial charge in [0.25, 0.3) is 0 Å². The van der Waals surface area contributed by atoms with Crippen molar-refractivity contribution in [1.29, 1.82) is 0 Å². The number of anilines is 1. The lowest BCUT2D eigenvalue weighted by atomic mass is 10.1. The first-order valence-corrected chi connectivity index (χ1v) is 8.18. The number of halogens is 2. The number of carbonyl (C=O) groups excluding carboxylic acids is 2. The van der Waals surface area contributed by atoms with Gasteiger partial charge in [0.2, 0.25) is 0 Å². The van der Waals surface area contributed by atoms with Crippen LogP contribution in [0.3, 0.4) is 0 Å². The molecule has 27 heavy (non-hydrogen) atoms. The van der Waals surface area contributed by atoms with Gasteiger partial charge < -0.3 is 25.2 Å². The van der Waals surface area contributed by atoms with Gasteiger partial charge in [0.15, 0.2) is 0 Å². The Morgan fingerprint density at radius 3 is 2.59 bits per heavy atom. The number of aliphatic hydroxyl groups is 1. The molecule has 2 aromatic rings. The summed E-state index contributed by atoms with van der Waals surface area (Å²) in [5, 5.41) is 15.0. The van der Waals surface area contributed by atoms with Gasteiger partial charge in [0.05, 0.1) is 31.0 Å². The first kappa shape index (κ1) is 20.5. The van der Waals surface area contributed by atoms with E-state index in [1.165, 1.54) is 44.6 Å². The SMILES string of the molecule is COC(=O)c1cc(Cl)c(NC(=O)NC[C@H](O)c2ccccc2F)cc1OC. The van der Waals surface area contributed by atoms with Crippen LogP contribution in [0.4, 0.5) is 14.9 Å². The number of aliphatic hydroxyl groups excluding tert-OH is 1. The number of amides is 2. The maximum atomic E-state index is 13.6. The van der Waals surface area contributed by atoms with E-state index in [2.05, 4.69) is 15.4 Å². The number of carbonyl (C=O) groups is 2. The molecule has 0 fully saturated rings. The zero-order valence-corrected chi connectivity index (χ0v) is 15.3. The van der Waals surface area contributed by atoms with Crippen LogP contribution in [0.15, 0.2) is 36.4 Å². The van der Waals surface area contributed by atoms with Crippen LogP contribution >= 0.6 is 11.6 Å². The predicted octanol–water partition coefficient (Wildman–Crippen LogP) is 3.13. The number of methoxy groups -OCH3 is 2. The first-order chi connectivity index (χ1) is 12.9. The fourth-order valence-electron chi connectivity index (χ4n) is 2.30. The fraction of sp³-hybridized carbons (Fsp3) is 0.222. The molecule has 0 aliphatic rings. The largest absolute Gasteiger partial charge is 0.496 e. The zero-order chi connectivity index (χ0) is 20.0. The molecule has 0 bridgehead atoms. The van der Waals surface area contributed by atoms with Gasteiger partial charge in [-0.05, 0) is 12.1 Å². The molecule has 2 amide bonds. The smallest absolute Gasteiger partial charge is 0.341 e. The normalized spacial score (nSPS) is 11.4. The van der Waals surface area contributed by atoms with E-state index in [-0.39, 0.29) is 34.1 Å². The molecule has 7 nitrogen and oxygen atoms in total. The van der Waals surface area contributed by atoms with Gasteiger partial charge >= 0.3 is 12.0 Å². The second-order valence-electron chi connectivity index (χ2n) is 5.40. The van der Waals surface area contributed by atoms with E-state index in [1.807, 2.05) is 0 Å². The standard InChI is InChI=1S/C18H18ClFN2O5/c1-26-16-8-14(12(19)7-11(16)17(24)27-2)22-18(25)21-9-15(23)10-5-3-4-6-13(10)20/h3-8,15,23H,9H2,1-2H3,(H2,21,22,25)/t15-/m0/s1. The van der Waals surface area contributed by atoms with Crippen LogP contribution in [-0.4, -0.2) is 37.9 Å². The average molecular weight is 397 g/mol. The van der Waals surface area contributed by atoms with E-state index in [4.69, 9.17) is 16.3 Å². The van der Waals surface area contributed by atoms with Gasteiger partial charge in [-0.15, -0.1) is 0 Å². The molecule has 0 radical (unpaired) electrons. The lowest BCUT2D eigenvalue weighted by molar-refractivity contribution is 0.0597. The molecular weight excluding hydrogens is 379 g/mol. The van der Waals surface area contributed by atoms with Crippen LogP contribution < -0.4 is 15.4 Å². The minimum Gasteiger partial charge on any atom is -0.496 e. The molecule has 144 valence electrons. The molecule has 0 unspecified atom stereocenters. The molecule has 0 spiro atoms. The third kappa shape index (κ3) is 5.08. The summed E-state index contributed by atoms with van der Waals surface area (Å²) in [6.07, 6.45) is -1.22. The van der Waals surface area contributed by atoms with Crippen LogP contribution in [-0.2, 0) is 4.74 Å². The minimum absolute atomic E-state index is 0.0694. The molecule has 0 heterocycles. The number of hydrogen-bond acceptors (Lipinski definition) is 5. The Bertz CT molecular complexity index is 846. The number of rotatable bonds is 6. The van der Waals surface area contributed by atoms with Crippen molar-refractivity contribution >= 4 is 29.3 Å². The average Bonchev–Trinajstić information content (AvgIpc) is 2.67. The molecule has 0 saturated carbocycles. The Balaban J connectivity index is 2.05. The molecule has 1 atom stereocenters. The fourth-order valence-corrected chi connectivity index (χ4v) is 2.51. The van der Waals surface area contributed by atoms with Crippen molar-refractivity contribution in [2.45, 2.75) is 6.10 Å². The lowest BCUT2D eigenvalue weighted by Gasteiger charge is -2.15. The van der Waals surface area contributed by atoms with Crippen LogP contribution in [0.2, 0.25) is 5.02 Å².